The Morgan fingerprint density at radius 1 is 0.962 bits per heavy atom. The topological polar surface area (TPSA) is 52.6 Å². The van der Waals surface area contributed by atoms with Gasteiger partial charge in [0.25, 0.3) is 0 Å². The van der Waals surface area contributed by atoms with Crippen LogP contribution in [0, 0.1) is 5.82 Å². The number of carbonyl (C=O) groups is 2. The van der Waals surface area contributed by atoms with Crippen molar-refractivity contribution in [1.82, 2.24) is 0 Å². The van der Waals surface area contributed by atoms with Gasteiger partial charge in [-0.2, -0.15) is 0 Å². The number of hydrogen-bond acceptors (Lipinski definition) is 4. The molecule has 0 aromatic heterocycles. The van der Waals surface area contributed by atoms with E-state index in [9.17, 15) is 14.0 Å². The molecular weight excluding hydrogens is 335 g/mol. The third kappa shape index (κ3) is 4.06. The standard InChI is InChI=1S/C21H17FO4/c1-25-21(24)18-12-15-4-2-3-5-16(15)13-19(18)26-20(23)11-8-14-6-9-17(22)10-7-14/h2-7,9-10,12-13H,8,11H2,1H3. The van der Waals surface area contributed by atoms with Crippen LogP contribution in [-0.4, -0.2) is 19.0 Å². The quantitative estimate of drug-likeness (QED) is 0.507. The van der Waals surface area contributed by atoms with Crippen LogP contribution in [0.5, 0.6) is 5.75 Å². The van der Waals surface area contributed by atoms with Crippen LogP contribution in [0.4, 0.5) is 4.39 Å². The SMILES string of the molecule is COC(=O)c1cc2ccccc2cc1OC(=O)CCc1ccc(F)cc1. The molecule has 0 radical (unpaired) electrons. The highest BCUT2D eigenvalue weighted by Crippen LogP contribution is 2.27. The first kappa shape index (κ1) is 17.6. The maximum atomic E-state index is 12.9. The average molecular weight is 352 g/mol. The Balaban J connectivity index is 1.78. The molecule has 4 nitrogen and oxygen atoms in total. The molecule has 0 amide bonds. The number of rotatable bonds is 5. The van der Waals surface area contributed by atoms with Crippen molar-refractivity contribution >= 4 is 22.7 Å². The number of ether oxygens (including phenoxy) is 2. The van der Waals surface area contributed by atoms with Crippen molar-refractivity contribution in [3.05, 3.63) is 77.6 Å². The predicted octanol–water partition coefficient (Wildman–Crippen LogP) is 4.30. The predicted molar refractivity (Wildman–Crippen MR) is 95.6 cm³/mol. The molecule has 5 heteroatoms. The van der Waals surface area contributed by atoms with Crippen molar-refractivity contribution in [2.45, 2.75) is 12.8 Å². The Labute approximate surface area is 150 Å². The van der Waals surface area contributed by atoms with Gasteiger partial charge in [0.15, 0.2) is 0 Å². The van der Waals surface area contributed by atoms with Gasteiger partial charge >= 0.3 is 11.9 Å². The second-order valence-corrected chi connectivity index (χ2v) is 5.79. The number of esters is 2. The summed E-state index contributed by atoms with van der Waals surface area (Å²) in [6, 6.07) is 16.7. The van der Waals surface area contributed by atoms with Gasteiger partial charge in [-0.25, -0.2) is 9.18 Å². The number of benzene rings is 3. The lowest BCUT2D eigenvalue weighted by Crippen LogP contribution is -2.13. The molecule has 0 N–H and O–H groups in total. The van der Waals surface area contributed by atoms with Gasteiger partial charge in [-0.1, -0.05) is 36.4 Å². The fourth-order valence-electron chi connectivity index (χ4n) is 2.64. The summed E-state index contributed by atoms with van der Waals surface area (Å²) >= 11 is 0. The first-order valence-corrected chi connectivity index (χ1v) is 8.13. The summed E-state index contributed by atoms with van der Waals surface area (Å²) in [7, 11) is 1.28. The fraction of sp³-hybridized carbons (Fsp3) is 0.143. The molecule has 0 fully saturated rings. The van der Waals surface area contributed by atoms with Crippen LogP contribution in [-0.2, 0) is 16.0 Å². The van der Waals surface area contributed by atoms with Crippen molar-refractivity contribution in [1.29, 1.82) is 0 Å². The summed E-state index contributed by atoms with van der Waals surface area (Å²) in [5.41, 5.74) is 1.02. The first-order valence-electron chi connectivity index (χ1n) is 8.13. The van der Waals surface area contributed by atoms with Crippen molar-refractivity contribution in [2.24, 2.45) is 0 Å². The van der Waals surface area contributed by atoms with E-state index < -0.39 is 11.9 Å². The second kappa shape index (κ2) is 7.78. The van der Waals surface area contributed by atoms with E-state index in [4.69, 9.17) is 9.47 Å². The molecule has 0 heterocycles. The highest BCUT2D eigenvalue weighted by Gasteiger charge is 2.17. The third-order valence-electron chi connectivity index (χ3n) is 4.01. The summed E-state index contributed by atoms with van der Waals surface area (Å²) in [5.74, 6) is -1.21. The molecule has 0 atom stereocenters. The molecule has 132 valence electrons. The van der Waals surface area contributed by atoms with Gasteiger partial charge in [-0.15, -0.1) is 0 Å². The van der Waals surface area contributed by atoms with E-state index in [1.165, 1.54) is 19.2 Å². The van der Waals surface area contributed by atoms with E-state index in [0.717, 1.165) is 16.3 Å². The van der Waals surface area contributed by atoms with Gasteiger partial charge in [-0.3, -0.25) is 4.79 Å². The number of halogens is 1. The molecule has 3 aromatic rings. The van der Waals surface area contributed by atoms with Crippen LogP contribution in [0.2, 0.25) is 0 Å². The van der Waals surface area contributed by atoms with E-state index >= 15 is 0 Å². The van der Waals surface area contributed by atoms with Crippen molar-refractivity contribution in [3.63, 3.8) is 0 Å². The number of hydrogen-bond donors (Lipinski definition) is 0. The lowest BCUT2D eigenvalue weighted by molar-refractivity contribution is -0.134. The van der Waals surface area contributed by atoms with Gasteiger partial charge in [0.1, 0.15) is 17.1 Å². The molecule has 0 saturated carbocycles. The van der Waals surface area contributed by atoms with Crippen LogP contribution in [0.15, 0.2) is 60.7 Å². The average Bonchev–Trinajstić information content (AvgIpc) is 2.66. The Morgan fingerprint density at radius 2 is 1.62 bits per heavy atom. The van der Waals surface area contributed by atoms with E-state index in [-0.39, 0.29) is 23.6 Å². The fourth-order valence-corrected chi connectivity index (χ4v) is 2.64. The lowest BCUT2D eigenvalue weighted by atomic mass is 10.1. The van der Waals surface area contributed by atoms with Crippen LogP contribution in [0.3, 0.4) is 0 Å². The maximum absolute atomic E-state index is 12.9. The largest absolute Gasteiger partial charge is 0.465 e. The molecule has 26 heavy (non-hydrogen) atoms. The molecule has 0 unspecified atom stereocenters. The zero-order valence-corrected chi connectivity index (χ0v) is 14.2. The summed E-state index contributed by atoms with van der Waals surface area (Å²) in [4.78, 5) is 24.2. The van der Waals surface area contributed by atoms with Crippen molar-refractivity contribution in [3.8, 4) is 5.75 Å². The molecule has 3 rings (SSSR count). The summed E-state index contributed by atoms with van der Waals surface area (Å²) in [6.45, 7) is 0. The first-order chi connectivity index (χ1) is 12.6. The molecule has 3 aromatic carbocycles. The Morgan fingerprint density at radius 3 is 2.27 bits per heavy atom. The van der Waals surface area contributed by atoms with Gasteiger partial charge in [0.2, 0.25) is 0 Å². The molecule has 0 bridgehead atoms. The number of methoxy groups -OCH3 is 1. The zero-order chi connectivity index (χ0) is 18.5. The van der Waals surface area contributed by atoms with E-state index in [1.54, 1.807) is 24.3 Å². The number of fused-ring (bicyclic) bond motifs is 1. The summed E-state index contributed by atoms with van der Waals surface area (Å²) < 4.78 is 23.1. The molecule has 0 aliphatic carbocycles. The van der Waals surface area contributed by atoms with Crippen LogP contribution in [0.1, 0.15) is 22.3 Å². The zero-order valence-electron chi connectivity index (χ0n) is 14.2. The normalized spacial score (nSPS) is 10.5. The van der Waals surface area contributed by atoms with E-state index in [2.05, 4.69) is 0 Å². The molecule has 0 saturated heterocycles. The molecule has 0 aliphatic rings. The number of aryl methyl sites for hydroxylation is 1. The molecule has 0 aliphatic heterocycles. The third-order valence-corrected chi connectivity index (χ3v) is 4.01. The Kier molecular flexibility index (Phi) is 5.27. The number of carbonyl (C=O) groups excluding carboxylic acids is 2. The van der Waals surface area contributed by atoms with E-state index in [1.807, 2.05) is 24.3 Å². The van der Waals surface area contributed by atoms with Gasteiger partial charge in [0.05, 0.1) is 7.11 Å². The summed E-state index contributed by atoms with van der Waals surface area (Å²) in [5, 5.41) is 1.69. The minimum Gasteiger partial charge on any atom is -0.465 e. The minimum atomic E-state index is -0.572. The van der Waals surface area contributed by atoms with Gasteiger partial charge < -0.3 is 9.47 Å². The highest BCUT2D eigenvalue weighted by molar-refractivity contribution is 5.99. The molecular formula is C21H17FO4. The van der Waals surface area contributed by atoms with Crippen LogP contribution >= 0.6 is 0 Å². The lowest BCUT2D eigenvalue weighted by Gasteiger charge is -2.11. The Hall–Kier alpha value is -3.21. The minimum absolute atomic E-state index is 0.110. The van der Waals surface area contributed by atoms with Crippen molar-refractivity contribution < 1.29 is 23.5 Å². The van der Waals surface area contributed by atoms with Crippen LogP contribution in [0.25, 0.3) is 10.8 Å². The van der Waals surface area contributed by atoms with E-state index in [0.29, 0.717) is 6.42 Å². The highest BCUT2D eigenvalue weighted by atomic mass is 19.1. The maximum Gasteiger partial charge on any atom is 0.341 e. The Bertz CT molecular complexity index is 948. The molecule has 0 spiro atoms. The smallest absolute Gasteiger partial charge is 0.341 e. The summed E-state index contributed by atoms with van der Waals surface area (Å²) in [6.07, 6.45) is 0.527. The second-order valence-electron chi connectivity index (χ2n) is 5.79. The van der Waals surface area contributed by atoms with Gasteiger partial charge in [-0.05, 0) is 47.0 Å². The monoisotopic (exact) mass is 352 g/mol. The van der Waals surface area contributed by atoms with Crippen LogP contribution < -0.4 is 4.74 Å². The van der Waals surface area contributed by atoms with Crippen molar-refractivity contribution in [2.75, 3.05) is 7.11 Å². The van der Waals surface area contributed by atoms with Gasteiger partial charge in [0, 0.05) is 6.42 Å².